The molecule has 0 saturated carbocycles. The summed E-state index contributed by atoms with van der Waals surface area (Å²) >= 11 is 0. The van der Waals surface area contributed by atoms with E-state index in [1.165, 1.54) is 4.90 Å². The van der Waals surface area contributed by atoms with Gasteiger partial charge in [0.1, 0.15) is 5.75 Å². The Morgan fingerprint density at radius 1 is 1.14 bits per heavy atom. The molecule has 0 heterocycles. The van der Waals surface area contributed by atoms with Gasteiger partial charge in [-0.25, -0.2) is 0 Å². The minimum Gasteiger partial charge on any atom is -0.483 e. The number of aryl methyl sites for hydroxylation is 2. The van der Waals surface area contributed by atoms with Crippen LogP contribution >= 0.6 is 0 Å². The highest BCUT2D eigenvalue weighted by Gasteiger charge is 2.15. The maximum absolute atomic E-state index is 12.4. The van der Waals surface area contributed by atoms with Crippen LogP contribution in [0.25, 0.3) is 0 Å². The normalized spacial score (nSPS) is 10.6. The van der Waals surface area contributed by atoms with Crippen molar-refractivity contribution < 1.29 is 14.3 Å². The lowest BCUT2D eigenvalue weighted by Crippen LogP contribution is -2.37. The van der Waals surface area contributed by atoms with Crippen LogP contribution in [0.5, 0.6) is 5.75 Å². The average Bonchev–Trinajstić information content (AvgIpc) is 2.67. The zero-order chi connectivity index (χ0) is 20.7. The Balaban J connectivity index is 1.91. The first-order valence-electron chi connectivity index (χ1n) is 9.66. The Kier molecular flexibility index (Phi) is 7.61. The van der Waals surface area contributed by atoms with Crippen LogP contribution in [0, 0.1) is 6.92 Å². The van der Waals surface area contributed by atoms with E-state index >= 15 is 0 Å². The number of carbonyl (C=O) groups excluding carboxylic acids is 2. The molecule has 0 aromatic heterocycles. The van der Waals surface area contributed by atoms with Crippen molar-refractivity contribution >= 4 is 17.5 Å². The summed E-state index contributed by atoms with van der Waals surface area (Å²) in [7, 11) is 1.61. The highest BCUT2D eigenvalue weighted by molar-refractivity contribution is 5.95. The molecule has 2 rings (SSSR count). The van der Waals surface area contributed by atoms with Gasteiger partial charge in [0.25, 0.3) is 5.91 Å². The first kappa shape index (κ1) is 21.5. The molecular weight excluding hydrogens is 352 g/mol. The summed E-state index contributed by atoms with van der Waals surface area (Å²) in [6.45, 7) is 8.09. The molecule has 0 atom stereocenters. The fraction of sp³-hybridized carbons (Fsp3) is 0.391. The second-order valence-corrected chi connectivity index (χ2v) is 7.28. The van der Waals surface area contributed by atoms with Gasteiger partial charge in [0, 0.05) is 12.7 Å². The number of amides is 2. The first-order chi connectivity index (χ1) is 13.3. The fourth-order valence-corrected chi connectivity index (χ4v) is 2.82. The van der Waals surface area contributed by atoms with Crippen LogP contribution in [0.2, 0.25) is 0 Å². The van der Waals surface area contributed by atoms with Crippen LogP contribution in [0.3, 0.4) is 0 Å². The van der Waals surface area contributed by atoms with Crippen molar-refractivity contribution in [3.05, 3.63) is 59.2 Å². The number of nitrogens with one attached hydrogen (secondary N) is 1. The molecule has 0 spiro atoms. The first-order valence-corrected chi connectivity index (χ1v) is 9.66. The smallest absolute Gasteiger partial charge is 0.260 e. The van der Waals surface area contributed by atoms with E-state index in [4.69, 9.17) is 4.74 Å². The topological polar surface area (TPSA) is 58.6 Å². The van der Waals surface area contributed by atoms with Gasteiger partial charge in [-0.05, 0) is 48.1 Å². The van der Waals surface area contributed by atoms with Crippen LogP contribution in [-0.2, 0) is 16.0 Å². The number of para-hydroxylation sites is 1. The Labute approximate surface area is 167 Å². The Hall–Kier alpha value is -2.82. The maximum Gasteiger partial charge on any atom is 0.260 e. The molecule has 0 saturated heterocycles. The number of hydrogen-bond acceptors (Lipinski definition) is 3. The lowest BCUT2D eigenvalue weighted by molar-refractivity contribution is -0.135. The molecule has 0 bridgehead atoms. The number of anilines is 1. The highest BCUT2D eigenvalue weighted by atomic mass is 16.5. The second-order valence-electron chi connectivity index (χ2n) is 7.28. The van der Waals surface area contributed by atoms with E-state index in [1.54, 1.807) is 7.05 Å². The Morgan fingerprint density at radius 2 is 1.86 bits per heavy atom. The van der Waals surface area contributed by atoms with Crippen molar-refractivity contribution in [2.75, 3.05) is 25.5 Å². The van der Waals surface area contributed by atoms with Crippen LogP contribution in [0.4, 0.5) is 5.69 Å². The molecule has 5 nitrogen and oxygen atoms in total. The number of benzene rings is 2. The van der Waals surface area contributed by atoms with Crippen LogP contribution in [0.15, 0.2) is 42.5 Å². The maximum atomic E-state index is 12.4. The zero-order valence-corrected chi connectivity index (χ0v) is 17.4. The van der Waals surface area contributed by atoms with E-state index in [2.05, 4.69) is 25.2 Å². The molecule has 1 N–H and O–H groups in total. The molecule has 0 aliphatic rings. The van der Waals surface area contributed by atoms with Gasteiger partial charge in [-0.15, -0.1) is 0 Å². The van der Waals surface area contributed by atoms with Crippen molar-refractivity contribution in [3.8, 4) is 5.75 Å². The number of ether oxygens (including phenoxy) is 1. The SMILES string of the molecule is CCc1ccccc1NC(=O)CN(C)C(=O)COc1cc(C(C)C)ccc1C. The van der Waals surface area contributed by atoms with Crippen LogP contribution in [-0.4, -0.2) is 36.9 Å². The van der Waals surface area contributed by atoms with E-state index in [-0.39, 0.29) is 25.0 Å². The van der Waals surface area contributed by atoms with Gasteiger partial charge in [0.05, 0.1) is 6.54 Å². The van der Waals surface area contributed by atoms with Crippen molar-refractivity contribution in [3.63, 3.8) is 0 Å². The molecule has 0 radical (unpaired) electrons. The summed E-state index contributed by atoms with van der Waals surface area (Å²) in [6.07, 6.45) is 0.827. The largest absolute Gasteiger partial charge is 0.483 e. The quantitative estimate of drug-likeness (QED) is 0.746. The molecule has 2 amide bonds. The number of likely N-dealkylation sites (N-methyl/N-ethyl adjacent to an activating group) is 1. The number of nitrogens with zero attached hydrogens (tertiary/aromatic N) is 1. The molecule has 0 fully saturated rings. The van der Waals surface area contributed by atoms with E-state index < -0.39 is 0 Å². The summed E-state index contributed by atoms with van der Waals surface area (Å²) in [5, 5.41) is 2.88. The second kappa shape index (κ2) is 9.93. The number of rotatable bonds is 8. The highest BCUT2D eigenvalue weighted by Crippen LogP contribution is 2.24. The van der Waals surface area contributed by atoms with Gasteiger partial charge in [0.15, 0.2) is 6.61 Å². The minimum absolute atomic E-state index is 0.0226. The molecule has 0 aliphatic heterocycles. The third-order valence-electron chi connectivity index (χ3n) is 4.71. The molecule has 0 unspecified atom stereocenters. The predicted molar refractivity (Wildman–Crippen MR) is 113 cm³/mol. The monoisotopic (exact) mass is 382 g/mol. The van der Waals surface area contributed by atoms with Crippen LogP contribution in [0.1, 0.15) is 43.4 Å². The van der Waals surface area contributed by atoms with E-state index in [9.17, 15) is 9.59 Å². The van der Waals surface area contributed by atoms with Gasteiger partial charge in [-0.2, -0.15) is 0 Å². The van der Waals surface area contributed by atoms with Crippen LogP contribution < -0.4 is 10.1 Å². The Morgan fingerprint density at radius 3 is 2.54 bits per heavy atom. The number of carbonyl (C=O) groups is 2. The summed E-state index contributed by atoms with van der Waals surface area (Å²) in [4.78, 5) is 26.1. The zero-order valence-electron chi connectivity index (χ0n) is 17.4. The third-order valence-corrected chi connectivity index (χ3v) is 4.71. The minimum atomic E-state index is -0.242. The van der Waals surface area contributed by atoms with Gasteiger partial charge < -0.3 is 15.0 Å². The van der Waals surface area contributed by atoms with Crippen molar-refractivity contribution in [2.45, 2.75) is 40.0 Å². The lowest BCUT2D eigenvalue weighted by atomic mass is 10.0. The molecule has 28 heavy (non-hydrogen) atoms. The summed E-state index contributed by atoms with van der Waals surface area (Å²) in [5.74, 6) is 0.619. The summed E-state index contributed by atoms with van der Waals surface area (Å²) in [6, 6.07) is 13.7. The standard InChI is InChI=1S/C23H30N2O3/c1-6-18-9-7-8-10-20(18)24-22(26)14-25(5)23(27)15-28-21-13-19(16(2)3)12-11-17(21)4/h7-13,16H,6,14-15H2,1-5H3,(H,24,26). The molecular formula is C23H30N2O3. The number of hydrogen-bond donors (Lipinski definition) is 1. The third kappa shape index (κ3) is 5.84. The van der Waals surface area contributed by atoms with E-state index in [0.29, 0.717) is 11.7 Å². The van der Waals surface area contributed by atoms with Gasteiger partial charge in [-0.1, -0.05) is 51.1 Å². The summed E-state index contributed by atoms with van der Waals surface area (Å²) < 4.78 is 5.72. The molecule has 150 valence electrons. The van der Waals surface area contributed by atoms with Crippen molar-refractivity contribution in [2.24, 2.45) is 0 Å². The van der Waals surface area contributed by atoms with E-state index in [1.807, 2.05) is 50.2 Å². The summed E-state index contributed by atoms with van der Waals surface area (Å²) in [5.41, 5.74) is 3.99. The molecule has 2 aromatic carbocycles. The van der Waals surface area contributed by atoms with Gasteiger partial charge in [0.2, 0.25) is 5.91 Å². The molecule has 0 aliphatic carbocycles. The van der Waals surface area contributed by atoms with Crippen molar-refractivity contribution in [1.82, 2.24) is 4.90 Å². The van der Waals surface area contributed by atoms with Gasteiger partial charge >= 0.3 is 0 Å². The van der Waals surface area contributed by atoms with Gasteiger partial charge in [-0.3, -0.25) is 9.59 Å². The molecule has 5 heteroatoms. The predicted octanol–water partition coefficient (Wildman–Crippen LogP) is 4.16. The average molecular weight is 383 g/mol. The van der Waals surface area contributed by atoms with E-state index in [0.717, 1.165) is 28.8 Å². The molecule has 2 aromatic rings. The van der Waals surface area contributed by atoms with Crippen molar-refractivity contribution in [1.29, 1.82) is 0 Å². The lowest BCUT2D eigenvalue weighted by Gasteiger charge is -2.19. The Bertz CT molecular complexity index is 830. The fourth-order valence-electron chi connectivity index (χ4n) is 2.82.